The molecule has 5 rings (SSSR count). The number of rotatable bonds is 45. The molecule has 0 amide bonds. The normalized spacial score (nSPS) is 27.1. The maximum absolute atomic E-state index is 6.87. The monoisotopic (exact) mass is 973 g/mol. The van der Waals surface area contributed by atoms with Gasteiger partial charge in [0.05, 0.1) is 190 Å². The van der Waals surface area contributed by atoms with Crippen molar-refractivity contribution in [3.8, 4) is 0 Å². The molecule has 67 heavy (non-hydrogen) atoms. The van der Waals surface area contributed by atoms with Crippen LogP contribution in [-0.4, -0.2) is 230 Å². The van der Waals surface area contributed by atoms with Gasteiger partial charge in [-0.05, 0) is 38.0 Å². The van der Waals surface area contributed by atoms with Gasteiger partial charge in [0.15, 0.2) is 18.2 Å². The second-order valence-corrected chi connectivity index (χ2v) is 17.8. The Labute approximate surface area is 400 Å². The summed E-state index contributed by atoms with van der Waals surface area (Å²) in [5, 5.41) is 0. The molecule has 1 aliphatic carbocycles. The van der Waals surface area contributed by atoms with Gasteiger partial charge in [-0.25, -0.2) is 9.78 Å². The van der Waals surface area contributed by atoms with Gasteiger partial charge in [-0.3, -0.25) is 0 Å². The third kappa shape index (κ3) is 21.8. The molecule has 20 heteroatoms. The van der Waals surface area contributed by atoms with E-state index in [9.17, 15) is 0 Å². The van der Waals surface area contributed by atoms with Crippen molar-refractivity contribution in [2.75, 3.05) is 206 Å². The molecule has 396 valence electrons. The van der Waals surface area contributed by atoms with Crippen molar-refractivity contribution in [1.29, 1.82) is 0 Å². The Morgan fingerprint density at radius 1 is 0.463 bits per heavy atom. The average molecular weight is 973 g/mol. The topological polar surface area (TPSA) is 185 Å². The van der Waals surface area contributed by atoms with Crippen molar-refractivity contribution in [1.82, 2.24) is 0 Å². The van der Waals surface area contributed by atoms with Crippen LogP contribution in [0.2, 0.25) is 0 Å². The lowest BCUT2D eigenvalue weighted by Crippen LogP contribution is -2.70. The molecule has 1 spiro atoms. The molecule has 0 aromatic heterocycles. The van der Waals surface area contributed by atoms with Crippen molar-refractivity contribution in [2.45, 2.75) is 70.4 Å². The minimum absolute atomic E-state index is 0.0239. The van der Waals surface area contributed by atoms with E-state index >= 15 is 0 Å². The quantitative estimate of drug-likeness (QED) is 0.0639. The van der Waals surface area contributed by atoms with Crippen LogP contribution in [0.15, 0.2) is 0 Å². The fourth-order valence-corrected chi connectivity index (χ4v) is 8.77. The van der Waals surface area contributed by atoms with Gasteiger partial charge in [0, 0.05) is 39.6 Å². The predicted octanol–water partition coefficient (Wildman–Crippen LogP) is 3.34. The molecule has 8 atom stereocenters. The van der Waals surface area contributed by atoms with E-state index in [4.69, 9.17) is 95.0 Å². The van der Waals surface area contributed by atoms with E-state index in [1.54, 1.807) is 21.3 Å². The van der Waals surface area contributed by atoms with Gasteiger partial charge >= 0.3 is 0 Å². The molecule has 4 aliphatic heterocycles. The van der Waals surface area contributed by atoms with E-state index in [0.717, 1.165) is 25.7 Å². The van der Waals surface area contributed by atoms with Crippen LogP contribution in [-0.2, 0) is 95.0 Å². The summed E-state index contributed by atoms with van der Waals surface area (Å²) in [6.45, 7) is 18.5. The highest BCUT2D eigenvalue weighted by Gasteiger charge is 2.69. The van der Waals surface area contributed by atoms with Gasteiger partial charge in [0.2, 0.25) is 5.79 Å². The van der Waals surface area contributed by atoms with E-state index in [2.05, 4.69) is 13.8 Å². The third-order valence-corrected chi connectivity index (χ3v) is 12.3. The van der Waals surface area contributed by atoms with Crippen molar-refractivity contribution in [2.24, 2.45) is 29.1 Å². The second-order valence-electron chi connectivity index (χ2n) is 17.8. The summed E-state index contributed by atoms with van der Waals surface area (Å²) in [7, 11) is 4.94. The van der Waals surface area contributed by atoms with Crippen LogP contribution in [0, 0.1) is 29.1 Å². The van der Waals surface area contributed by atoms with Crippen LogP contribution in [0.3, 0.4) is 0 Å². The smallest absolute Gasteiger partial charge is 0.201 e. The molecular formula is C47H88O20. The molecule has 0 aromatic rings. The van der Waals surface area contributed by atoms with Gasteiger partial charge in [-0.2, -0.15) is 0 Å². The molecule has 4 saturated heterocycles. The van der Waals surface area contributed by atoms with Crippen molar-refractivity contribution in [3.05, 3.63) is 0 Å². The molecule has 1 saturated carbocycles. The minimum Gasteiger partial charge on any atom is -0.382 e. The molecule has 20 nitrogen and oxygen atoms in total. The van der Waals surface area contributed by atoms with E-state index in [1.165, 1.54) is 0 Å². The van der Waals surface area contributed by atoms with Crippen LogP contribution in [0.4, 0.5) is 0 Å². The Bertz CT molecular complexity index is 1120. The summed E-state index contributed by atoms with van der Waals surface area (Å²) in [6, 6.07) is 0. The van der Waals surface area contributed by atoms with Gasteiger partial charge in [-0.15, -0.1) is 0 Å². The lowest BCUT2D eigenvalue weighted by atomic mass is 9.59. The molecule has 0 radical (unpaired) electrons. The SMILES string of the molecule is COCCOCCOCCOCCOCC(COCCOCCOCCOCCOC)(COCCOCCOCCOCCOC)COC1O[C@H]2OC3(C)CC[C@H]4C[C@H](C)C[C@@H]([C@H]1C)C42OO3. The van der Waals surface area contributed by atoms with E-state index in [-0.39, 0.29) is 44.2 Å². The molecule has 0 aromatic carbocycles. The van der Waals surface area contributed by atoms with Crippen molar-refractivity contribution >= 4 is 0 Å². The summed E-state index contributed by atoms with van der Waals surface area (Å²) in [5.41, 5.74) is -1.44. The van der Waals surface area contributed by atoms with E-state index in [1.807, 2.05) is 6.92 Å². The van der Waals surface area contributed by atoms with Crippen molar-refractivity contribution in [3.63, 3.8) is 0 Å². The third-order valence-electron chi connectivity index (χ3n) is 12.3. The maximum Gasteiger partial charge on any atom is 0.201 e. The summed E-state index contributed by atoms with van der Waals surface area (Å²) in [6.07, 6.45) is 2.46. The van der Waals surface area contributed by atoms with Gasteiger partial charge < -0.3 is 85.3 Å². The highest BCUT2D eigenvalue weighted by atomic mass is 17.3. The lowest BCUT2D eigenvalue weighted by Gasteiger charge is -2.60. The Morgan fingerprint density at radius 2 is 0.836 bits per heavy atom. The number of hydrogen-bond donors (Lipinski definition) is 0. The van der Waals surface area contributed by atoms with Gasteiger partial charge in [-0.1, -0.05) is 13.8 Å². The van der Waals surface area contributed by atoms with Gasteiger partial charge in [0.1, 0.15) is 0 Å². The first kappa shape index (κ1) is 58.8. The number of fused-ring (bicyclic) bond motifs is 2. The van der Waals surface area contributed by atoms with E-state index < -0.39 is 29.4 Å². The van der Waals surface area contributed by atoms with Crippen LogP contribution in [0.25, 0.3) is 0 Å². The van der Waals surface area contributed by atoms with E-state index in [0.29, 0.717) is 164 Å². The Kier molecular flexibility index (Phi) is 31.0. The molecule has 4 heterocycles. The highest BCUT2D eigenvalue weighted by molar-refractivity contribution is 5.08. The zero-order valence-corrected chi connectivity index (χ0v) is 41.8. The summed E-state index contributed by atoms with van der Waals surface area (Å²) in [5.74, 6) is -0.0442. The predicted molar refractivity (Wildman–Crippen MR) is 241 cm³/mol. The van der Waals surface area contributed by atoms with Crippen LogP contribution >= 0.6 is 0 Å². The molecule has 2 bridgehead atoms. The Balaban J connectivity index is 1.34. The highest BCUT2D eigenvalue weighted by Crippen LogP contribution is 2.60. The fraction of sp³-hybridized carbons (Fsp3) is 1.00. The van der Waals surface area contributed by atoms with Gasteiger partial charge in [0.25, 0.3) is 0 Å². The zero-order valence-electron chi connectivity index (χ0n) is 41.8. The lowest BCUT2D eigenvalue weighted by molar-refractivity contribution is -0.577. The van der Waals surface area contributed by atoms with Crippen LogP contribution in [0.5, 0.6) is 0 Å². The standard InChI is InChI=1S/C47H88O20/c1-39-33-41-7-8-45(3)65-44-47(41,67-66-45)42(34-39)40(2)43(64-44)63-38-46(35-60-30-27-57-24-21-54-18-15-51-12-9-48-4,36-61-31-28-58-25-22-55-19-16-52-13-10-49-5)37-62-32-29-59-26-23-56-20-17-53-14-11-50-6/h39-44H,7-38H2,1-6H3/t39-,40+,41-,42-,43?,44-,45?,47?/m0/s1. The molecule has 3 unspecified atom stereocenters. The maximum atomic E-state index is 6.87. The summed E-state index contributed by atoms with van der Waals surface area (Å²) >= 11 is 0. The fourth-order valence-electron chi connectivity index (χ4n) is 8.77. The summed E-state index contributed by atoms with van der Waals surface area (Å²) in [4.78, 5) is 12.4. The second kappa shape index (κ2) is 35.3. The number of hydrogen-bond acceptors (Lipinski definition) is 20. The Morgan fingerprint density at radius 3 is 1.22 bits per heavy atom. The first-order valence-corrected chi connectivity index (χ1v) is 24.5. The number of methoxy groups -OCH3 is 3. The Hall–Kier alpha value is -0.800. The van der Waals surface area contributed by atoms with Crippen LogP contribution in [0.1, 0.15) is 46.5 Å². The average Bonchev–Trinajstić information content (AvgIpc) is 3.54. The van der Waals surface area contributed by atoms with Crippen LogP contribution < -0.4 is 0 Å². The molecular weight excluding hydrogens is 884 g/mol. The van der Waals surface area contributed by atoms with Crippen molar-refractivity contribution < 1.29 is 95.0 Å². The number of ether oxygens (including phenoxy) is 18. The largest absolute Gasteiger partial charge is 0.382 e. The first-order chi connectivity index (χ1) is 32.8. The molecule has 0 N–H and O–H groups in total. The zero-order chi connectivity index (χ0) is 47.7. The molecule has 5 aliphatic rings. The first-order valence-electron chi connectivity index (χ1n) is 24.5. The molecule has 5 fully saturated rings. The minimum atomic E-state index is -0.891. The summed E-state index contributed by atoms with van der Waals surface area (Å²) < 4.78 is 105.